The van der Waals surface area contributed by atoms with Crippen LogP contribution in [-0.4, -0.2) is 48.6 Å². The zero-order valence-corrected chi connectivity index (χ0v) is 18.0. The summed E-state index contributed by atoms with van der Waals surface area (Å²) in [6.07, 6.45) is 2.75. The van der Waals surface area contributed by atoms with Gasteiger partial charge in [-0.25, -0.2) is 14.4 Å². The summed E-state index contributed by atoms with van der Waals surface area (Å²) in [5, 5.41) is 0.681. The minimum Gasteiger partial charge on any atom is -0.329 e. The van der Waals surface area contributed by atoms with Gasteiger partial charge in [0, 0.05) is 18.3 Å². The standard InChI is InChI=1S/C21H24FN4O4P/c1-2-17(31(28,29)30)16(22)12-25-11-15-9-6-10-26(20-18(15)19(25)23-13-24-20)21(27)14-7-4-3-5-8-14/h3-5,7-8,11,13,16-17H,2,6,9-10,12H2,1H3,(H2,28,29,30). The van der Waals surface area contributed by atoms with Gasteiger partial charge in [0.25, 0.3) is 5.91 Å². The molecule has 2 N–H and O–H groups in total. The van der Waals surface area contributed by atoms with Crippen LogP contribution in [0.2, 0.25) is 0 Å². The number of aryl methyl sites for hydroxylation is 1. The van der Waals surface area contributed by atoms with Crippen LogP contribution < -0.4 is 4.90 Å². The van der Waals surface area contributed by atoms with Crippen molar-refractivity contribution in [1.82, 2.24) is 14.5 Å². The van der Waals surface area contributed by atoms with Gasteiger partial charge in [-0.2, -0.15) is 0 Å². The predicted molar refractivity (Wildman–Crippen MR) is 115 cm³/mol. The van der Waals surface area contributed by atoms with Crippen LogP contribution >= 0.6 is 7.60 Å². The van der Waals surface area contributed by atoms with Crippen LogP contribution in [0.3, 0.4) is 0 Å². The molecule has 1 aliphatic rings. The Morgan fingerprint density at radius 2 is 2.00 bits per heavy atom. The van der Waals surface area contributed by atoms with Gasteiger partial charge in [0.2, 0.25) is 0 Å². The summed E-state index contributed by atoms with van der Waals surface area (Å²) in [6.45, 7) is 1.82. The first kappa shape index (κ1) is 21.6. The van der Waals surface area contributed by atoms with Crippen molar-refractivity contribution in [2.45, 2.75) is 44.6 Å². The average Bonchev–Trinajstić information content (AvgIpc) is 2.97. The molecule has 2 atom stereocenters. The summed E-state index contributed by atoms with van der Waals surface area (Å²) in [4.78, 5) is 42.4. The Morgan fingerprint density at radius 1 is 1.26 bits per heavy atom. The minimum atomic E-state index is -4.56. The number of hydrogen-bond acceptors (Lipinski definition) is 4. The monoisotopic (exact) mass is 446 g/mol. The fourth-order valence-corrected chi connectivity index (χ4v) is 5.19. The van der Waals surface area contributed by atoms with Gasteiger partial charge in [0.05, 0.1) is 17.6 Å². The number of aromatic nitrogens is 3. The zero-order chi connectivity index (χ0) is 22.2. The maximum absolute atomic E-state index is 14.9. The molecule has 3 heterocycles. The van der Waals surface area contributed by atoms with E-state index < -0.39 is 19.4 Å². The number of carbonyl (C=O) groups excluding carboxylic acids is 1. The van der Waals surface area contributed by atoms with Gasteiger partial charge in [-0.1, -0.05) is 25.1 Å². The van der Waals surface area contributed by atoms with Crippen molar-refractivity contribution in [3.05, 3.63) is 54.0 Å². The van der Waals surface area contributed by atoms with Crippen LogP contribution in [0.5, 0.6) is 0 Å². The number of nitrogens with zero attached hydrogens (tertiary/aromatic N) is 4. The third kappa shape index (κ3) is 4.13. The van der Waals surface area contributed by atoms with Crippen LogP contribution in [0.1, 0.15) is 35.7 Å². The van der Waals surface area contributed by atoms with Gasteiger partial charge in [0.15, 0.2) is 0 Å². The van der Waals surface area contributed by atoms with E-state index in [-0.39, 0.29) is 18.9 Å². The van der Waals surface area contributed by atoms with E-state index in [2.05, 4.69) is 9.97 Å². The molecule has 164 valence electrons. The second-order valence-electron chi connectivity index (χ2n) is 7.71. The maximum Gasteiger partial charge on any atom is 0.331 e. The lowest BCUT2D eigenvalue weighted by Crippen LogP contribution is -2.32. The quantitative estimate of drug-likeness (QED) is 0.563. The summed E-state index contributed by atoms with van der Waals surface area (Å²) in [5.41, 5.74) is 0.522. The first-order chi connectivity index (χ1) is 14.8. The van der Waals surface area contributed by atoms with Crippen molar-refractivity contribution < 1.29 is 23.5 Å². The zero-order valence-electron chi connectivity index (χ0n) is 17.1. The molecule has 0 saturated carbocycles. The Labute approximate surface area is 178 Å². The van der Waals surface area contributed by atoms with Crippen LogP contribution in [-0.2, 0) is 17.5 Å². The molecule has 0 saturated heterocycles. The van der Waals surface area contributed by atoms with Gasteiger partial charge in [-0.05, 0) is 37.0 Å². The number of hydrogen-bond donors (Lipinski definition) is 2. The number of rotatable bonds is 6. The summed E-state index contributed by atoms with van der Waals surface area (Å²) < 4.78 is 28.1. The van der Waals surface area contributed by atoms with Crippen molar-refractivity contribution in [3.8, 4) is 0 Å². The van der Waals surface area contributed by atoms with E-state index in [1.807, 2.05) is 6.07 Å². The van der Waals surface area contributed by atoms with E-state index in [0.29, 0.717) is 41.8 Å². The molecule has 0 fully saturated rings. The molecule has 2 aromatic heterocycles. The molecule has 10 heteroatoms. The van der Waals surface area contributed by atoms with E-state index in [1.54, 1.807) is 46.9 Å². The fourth-order valence-electron chi connectivity index (χ4n) is 4.20. The molecule has 31 heavy (non-hydrogen) atoms. The topological polar surface area (TPSA) is 109 Å². The van der Waals surface area contributed by atoms with E-state index in [4.69, 9.17) is 0 Å². The highest BCUT2D eigenvalue weighted by Crippen LogP contribution is 2.46. The molecule has 1 amide bonds. The van der Waals surface area contributed by atoms with Crippen molar-refractivity contribution in [2.75, 3.05) is 11.4 Å². The molecule has 0 aliphatic carbocycles. The highest BCUT2D eigenvalue weighted by atomic mass is 31.2. The van der Waals surface area contributed by atoms with Gasteiger partial charge >= 0.3 is 7.60 Å². The Kier molecular flexibility index (Phi) is 5.92. The molecule has 4 rings (SSSR count). The maximum atomic E-state index is 14.9. The van der Waals surface area contributed by atoms with Crippen LogP contribution in [0, 0.1) is 0 Å². The molecule has 8 nitrogen and oxygen atoms in total. The highest BCUT2D eigenvalue weighted by Gasteiger charge is 2.36. The molecule has 0 bridgehead atoms. The van der Waals surface area contributed by atoms with Crippen LogP contribution in [0.4, 0.5) is 10.2 Å². The molecule has 2 unspecified atom stereocenters. The van der Waals surface area contributed by atoms with Crippen molar-refractivity contribution in [3.63, 3.8) is 0 Å². The van der Waals surface area contributed by atoms with Crippen LogP contribution in [0.15, 0.2) is 42.9 Å². The van der Waals surface area contributed by atoms with Crippen molar-refractivity contribution in [1.29, 1.82) is 0 Å². The first-order valence-electron chi connectivity index (χ1n) is 10.2. The Balaban J connectivity index is 1.73. The fraction of sp³-hybridized carbons (Fsp3) is 0.381. The van der Waals surface area contributed by atoms with Crippen molar-refractivity contribution >= 4 is 30.4 Å². The highest BCUT2D eigenvalue weighted by molar-refractivity contribution is 7.52. The van der Waals surface area contributed by atoms with E-state index in [1.165, 1.54) is 6.33 Å². The first-order valence-corrected chi connectivity index (χ1v) is 11.9. The Hall–Kier alpha value is -2.61. The van der Waals surface area contributed by atoms with E-state index >= 15 is 0 Å². The number of anilines is 1. The molecule has 1 aliphatic heterocycles. The number of benzene rings is 1. The molecular formula is C21H24FN4O4P. The number of alkyl halides is 1. The number of halogens is 1. The van der Waals surface area contributed by atoms with Gasteiger partial charge in [0.1, 0.15) is 24.0 Å². The molecule has 1 aromatic carbocycles. The molecule has 3 aromatic rings. The normalized spacial score (nSPS) is 16.2. The molecule has 0 spiro atoms. The minimum absolute atomic E-state index is 0.0249. The van der Waals surface area contributed by atoms with Gasteiger partial charge < -0.3 is 14.4 Å². The third-order valence-electron chi connectivity index (χ3n) is 5.70. The van der Waals surface area contributed by atoms with Gasteiger partial charge in [-0.15, -0.1) is 0 Å². The largest absolute Gasteiger partial charge is 0.331 e. The Morgan fingerprint density at radius 3 is 2.68 bits per heavy atom. The Bertz CT molecular complexity index is 1150. The smallest absolute Gasteiger partial charge is 0.329 e. The average molecular weight is 446 g/mol. The lowest BCUT2D eigenvalue weighted by Gasteiger charge is -2.22. The number of amides is 1. The third-order valence-corrected chi connectivity index (χ3v) is 7.25. The second kappa shape index (κ2) is 8.49. The van der Waals surface area contributed by atoms with Gasteiger partial charge in [-0.3, -0.25) is 14.3 Å². The summed E-state index contributed by atoms with van der Waals surface area (Å²) in [5.74, 6) is 0.305. The molecule has 0 radical (unpaired) electrons. The number of carbonyl (C=O) groups is 1. The van der Waals surface area contributed by atoms with Crippen molar-refractivity contribution in [2.24, 2.45) is 0 Å². The lowest BCUT2D eigenvalue weighted by molar-refractivity contribution is 0.0986. The van der Waals surface area contributed by atoms with E-state index in [0.717, 1.165) is 5.56 Å². The summed E-state index contributed by atoms with van der Waals surface area (Å²) >= 11 is 0. The predicted octanol–water partition coefficient (Wildman–Crippen LogP) is 3.32. The summed E-state index contributed by atoms with van der Waals surface area (Å²) in [6, 6.07) is 8.94. The van der Waals surface area contributed by atoms with Crippen LogP contribution in [0.25, 0.3) is 11.0 Å². The molecular weight excluding hydrogens is 422 g/mol. The second-order valence-corrected chi connectivity index (χ2v) is 9.55. The van der Waals surface area contributed by atoms with E-state index in [9.17, 15) is 23.5 Å². The lowest BCUT2D eigenvalue weighted by atomic mass is 10.1. The summed E-state index contributed by atoms with van der Waals surface area (Å²) in [7, 11) is -4.56. The SMILES string of the molecule is CCC(C(F)Cn1cc2c3c(ncnc31)N(C(=O)c1ccccc1)CCC2)P(=O)(O)O.